The molecule has 0 aliphatic heterocycles. The van der Waals surface area contributed by atoms with Crippen molar-refractivity contribution in [2.45, 2.75) is 70.2 Å². The number of nitrogens with zero attached hydrogens (tertiary/aromatic N) is 1. The number of alkyl carbamates (subject to hydrolysis) is 1. The van der Waals surface area contributed by atoms with Gasteiger partial charge >= 0.3 is 12.1 Å². The van der Waals surface area contributed by atoms with E-state index >= 15 is 0 Å². The van der Waals surface area contributed by atoms with Crippen molar-refractivity contribution in [3.05, 3.63) is 42.0 Å². The smallest absolute Gasteiger partial charge is 0.408 e. The van der Waals surface area contributed by atoms with E-state index in [1.807, 2.05) is 0 Å². The number of carbonyl (C=O) groups is 5. The first-order valence-corrected chi connectivity index (χ1v) is 12.0. The van der Waals surface area contributed by atoms with Gasteiger partial charge in [0.1, 0.15) is 24.2 Å². The van der Waals surface area contributed by atoms with Crippen LogP contribution in [0.15, 0.2) is 30.8 Å². The van der Waals surface area contributed by atoms with Crippen LogP contribution in [-0.2, 0) is 28.7 Å². The highest BCUT2D eigenvalue weighted by Gasteiger charge is 2.42. The van der Waals surface area contributed by atoms with Crippen molar-refractivity contribution in [1.29, 1.82) is 0 Å². The van der Waals surface area contributed by atoms with Gasteiger partial charge in [-0.25, -0.2) is 4.79 Å². The lowest BCUT2D eigenvalue weighted by Crippen LogP contribution is -2.58. The van der Waals surface area contributed by atoms with Crippen LogP contribution in [0.1, 0.15) is 63.6 Å². The Labute approximate surface area is 216 Å². The van der Waals surface area contributed by atoms with Gasteiger partial charge in [0.15, 0.2) is 0 Å². The minimum absolute atomic E-state index is 0.343. The summed E-state index contributed by atoms with van der Waals surface area (Å²) in [5, 5.41) is 4.96. The number of amides is 4. The predicted octanol–water partition coefficient (Wildman–Crippen LogP) is 1.81. The third-order valence-corrected chi connectivity index (χ3v) is 5.74. The summed E-state index contributed by atoms with van der Waals surface area (Å²) in [7, 11) is 1.19. The number of hydrogen-bond donors (Lipinski definition) is 3. The van der Waals surface area contributed by atoms with E-state index in [-0.39, 0.29) is 6.04 Å². The summed E-state index contributed by atoms with van der Waals surface area (Å²) in [4.78, 5) is 64.8. The van der Waals surface area contributed by atoms with Crippen LogP contribution in [0.5, 0.6) is 0 Å². The van der Waals surface area contributed by atoms with Crippen LogP contribution >= 0.6 is 0 Å². The second-order valence-corrected chi connectivity index (χ2v) is 9.77. The molecule has 4 N–H and O–H groups in total. The van der Waals surface area contributed by atoms with E-state index in [0.29, 0.717) is 24.0 Å². The van der Waals surface area contributed by atoms with Crippen LogP contribution in [0, 0.1) is 0 Å². The monoisotopic (exact) mass is 516 g/mol. The zero-order valence-electron chi connectivity index (χ0n) is 21.7. The zero-order chi connectivity index (χ0) is 27.8. The molecule has 1 aliphatic rings. The van der Waals surface area contributed by atoms with Crippen molar-refractivity contribution in [3.8, 4) is 0 Å². The topological polar surface area (TPSA) is 157 Å². The molecule has 0 saturated heterocycles. The maximum atomic E-state index is 13.9. The molecule has 1 aliphatic carbocycles. The molecule has 1 fully saturated rings. The van der Waals surface area contributed by atoms with Crippen LogP contribution in [0.4, 0.5) is 4.79 Å². The third kappa shape index (κ3) is 8.62. The first kappa shape index (κ1) is 29.3. The van der Waals surface area contributed by atoms with E-state index < -0.39 is 60.4 Å². The Morgan fingerprint density at radius 3 is 2.41 bits per heavy atom. The Hall–Kier alpha value is -3.89. The lowest BCUT2D eigenvalue weighted by atomic mass is 9.87. The maximum absolute atomic E-state index is 13.9. The van der Waals surface area contributed by atoms with Gasteiger partial charge in [-0.15, -0.1) is 0 Å². The summed E-state index contributed by atoms with van der Waals surface area (Å²) in [6.07, 6.45) is 2.26. The average Bonchev–Trinajstić information content (AvgIpc) is 2.78. The fourth-order valence-corrected chi connectivity index (χ4v) is 3.84. The van der Waals surface area contributed by atoms with Gasteiger partial charge in [0.25, 0.3) is 0 Å². The van der Waals surface area contributed by atoms with Crippen molar-refractivity contribution < 1.29 is 33.4 Å². The highest BCUT2D eigenvalue weighted by atomic mass is 16.6. The number of esters is 1. The van der Waals surface area contributed by atoms with Gasteiger partial charge in [0, 0.05) is 6.04 Å². The standard InChI is InChI=1S/C26H36N4O7/c1-6-16-9-7-10-17(13-16)22(23(33)28-15-21(32)36-5)30(18-11-8-12-18)24(34)19(14-20(27)31)29-25(35)37-26(2,3)4/h6-7,9-10,13,18-19,22H,1,8,11-12,14-15H2,2-5H3,(H2,27,31)(H,28,33)(H,29,35). The number of rotatable bonds is 11. The van der Waals surface area contributed by atoms with Crippen LogP contribution in [0.2, 0.25) is 0 Å². The number of methoxy groups -OCH3 is 1. The molecule has 4 amide bonds. The number of nitrogens with one attached hydrogen (secondary N) is 2. The maximum Gasteiger partial charge on any atom is 0.408 e. The molecule has 2 rings (SSSR count). The second kappa shape index (κ2) is 12.9. The van der Waals surface area contributed by atoms with E-state index in [0.717, 1.165) is 6.42 Å². The van der Waals surface area contributed by atoms with Crippen molar-refractivity contribution in [2.24, 2.45) is 5.73 Å². The molecule has 0 aromatic heterocycles. The van der Waals surface area contributed by atoms with Gasteiger partial charge < -0.3 is 30.7 Å². The van der Waals surface area contributed by atoms with Crippen molar-refractivity contribution in [3.63, 3.8) is 0 Å². The number of hydrogen-bond acceptors (Lipinski definition) is 7. The molecular weight excluding hydrogens is 480 g/mol. The highest BCUT2D eigenvalue weighted by Crippen LogP contribution is 2.34. The molecule has 0 bridgehead atoms. The van der Waals surface area contributed by atoms with Gasteiger partial charge in [-0.1, -0.05) is 30.9 Å². The molecule has 1 aromatic carbocycles. The Morgan fingerprint density at radius 2 is 1.89 bits per heavy atom. The molecule has 11 nitrogen and oxygen atoms in total. The Balaban J connectivity index is 2.51. The van der Waals surface area contributed by atoms with E-state index in [9.17, 15) is 24.0 Å². The molecule has 2 atom stereocenters. The highest BCUT2D eigenvalue weighted by molar-refractivity contribution is 5.95. The lowest BCUT2D eigenvalue weighted by Gasteiger charge is -2.43. The minimum Gasteiger partial charge on any atom is -0.468 e. The summed E-state index contributed by atoms with van der Waals surface area (Å²) >= 11 is 0. The first-order valence-electron chi connectivity index (χ1n) is 12.0. The number of ether oxygens (including phenoxy) is 2. The summed E-state index contributed by atoms with van der Waals surface area (Å²) < 4.78 is 9.88. The van der Waals surface area contributed by atoms with E-state index in [1.165, 1.54) is 12.0 Å². The van der Waals surface area contributed by atoms with Gasteiger partial charge in [-0.3, -0.25) is 19.2 Å². The molecular formula is C26H36N4O7. The second-order valence-electron chi connectivity index (χ2n) is 9.77. The molecule has 1 saturated carbocycles. The Kier molecular flexibility index (Phi) is 10.2. The predicted molar refractivity (Wildman–Crippen MR) is 136 cm³/mol. The molecule has 11 heteroatoms. The summed E-state index contributed by atoms with van der Waals surface area (Å²) in [6, 6.07) is 4.01. The van der Waals surface area contributed by atoms with Crippen LogP contribution in [0.25, 0.3) is 6.08 Å². The normalized spacial score (nSPS) is 14.8. The molecule has 202 valence electrons. The SMILES string of the molecule is C=Cc1cccc(C(C(=O)NCC(=O)OC)N(C(=O)C(CC(N)=O)NC(=O)OC(C)(C)C)C2CCC2)c1. The van der Waals surface area contributed by atoms with Crippen LogP contribution in [0.3, 0.4) is 0 Å². The van der Waals surface area contributed by atoms with Gasteiger partial charge in [0.2, 0.25) is 17.7 Å². The molecule has 37 heavy (non-hydrogen) atoms. The van der Waals surface area contributed by atoms with E-state index in [4.69, 9.17) is 10.5 Å². The molecule has 2 unspecified atom stereocenters. The number of primary amides is 1. The molecule has 0 spiro atoms. The fraction of sp³-hybridized carbons (Fsp3) is 0.500. The molecule has 0 heterocycles. The number of benzene rings is 1. The quantitative estimate of drug-likeness (QED) is 0.379. The molecule has 0 radical (unpaired) electrons. The number of carbonyl (C=O) groups excluding carboxylic acids is 5. The number of nitrogens with two attached hydrogens (primary N) is 1. The van der Waals surface area contributed by atoms with Crippen molar-refractivity contribution >= 4 is 35.9 Å². The Morgan fingerprint density at radius 1 is 1.22 bits per heavy atom. The Bertz CT molecular complexity index is 1030. The largest absolute Gasteiger partial charge is 0.468 e. The van der Waals surface area contributed by atoms with E-state index in [2.05, 4.69) is 21.9 Å². The van der Waals surface area contributed by atoms with Crippen molar-refractivity contribution in [2.75, 3.05) is 13.7 Å². The minimum atomic E-state index is -1.37. The summed E-state index contributed by atoms with van der Waals surface area (Å²) in [5.74, 6) is -2.77. The fourth-order valence-electron chi connectivity index (χ4n) is 3.84. The average molecular weight is 517 g/mol. The van der Waals surface area contributed by atoms with Crippen molar-refractivity contribution in [1.82, 2.24) is 15.5 Å². The zero-order valence-corrected chi connectivity index (χ0v) is 21.7. The first-order chi connectivity index (χ1) is 17.4. The van der Waals surface area contributed by atoms with E-state index in [1.54, 1.807) is 51.1 Å². The summed E-state index contributed by atoms with van der Waals surface area (Å²) in [6.45, 7) is 8.33. The van der Waals surface area contributed by atoms with Gasteiger partial charge in [-0.2, -0.15) is 0 Å². The van der Waals surface area contributed by atoms with Crippen LogP contribution < -0.4 is 16.4 Å². The molecule has 1 aromatic rings. The third-order valence-electron chi connectivity index (χ3n) is 5.74. The summed E-state index contributed by atoms with van der Waals surface area (Å²) in [5.41, 5.74) is 5.73. The van der Waals surface area contributed by atoms with Crippen LogP contribution in [-0.4, -0.2) is 66.0 Å². The van der Waals surface area contributed by atoms with Gasteiger partial charge in [-0.05, 0) is 57.2 Å². The van der Waals surface area contributed by atoms with Gasteiger partial charge in [0.05, 0.1) is 13.5 Å². The lowest BCUT2D eigenvalue weighted by molar-refractivity contribution is -0.149.